The van der Waals surface area contributed by atoms with Crippen LogP contribution in [-0.4, -0.2) is 28.0 Å². The molecule has 1 fully saturated rings. The van der Waals surface area contributed by atoms with Crippen LogP contribution >= 0.6 is 11.3 Å². The Kier molecular flexibility index (Phi) is 4.04. The van der Waals surface area contributed by atoms with Crippen molar-refractivity contribution >= 4 is 23.1 Å². The van der Waals surface area contributed by atoms with Crippen LogP contribution in [0.15, 0.2) is 5.16 Å². The molecule has 1 aromatic heterocycles. The highest BCUT2D eigenvalue weighted by molar-refractivity contribution is 7.13. The zero-order valence-electron chi connectivity index (χ0n) is 11.0. The van der Waals surface area contributed by atoms with E-state index in [9.17, 15) is 4.79 Å². The van der Waals surface area contributed by atoms with E-state index in [0.717, 1.165) is 30.0 Å². The Balaban J connectivity index is 2.08. The van der Waals surface area contributed by atoms with Crippen LogP contribution in [0.4, 0.5) is 0 Å². The van der Waals surface area contributed by atoms with E-state index in [2.05, 4.69) is 15.5 Å². The van der Waals surface area contributed by atoms with E-state index in [4.69, 9.17) is 10.9 Å². The summed E-state index contributed by atoms with van der Waals surface area (Å²) >= 11 is 1.39. The van der Waals surface area contributed by atoms with Crippen LogP contribution in [0.3, 0.4) is 0 Å². The maximum absolute atomic E-state index is 12.2. The third-order valence-electron chi connectivity index (χ3n) is 3.44. The Morgan fingerprint density at radius 2 is 2.26 bits per heavy atom. The van der Waals surface area contributed by atoms with E-state index < -0.39 is 0 Å². The first-order valence-electron chi connectivity index (χ1n) is 6.25. The molecule has 2 rings (SSSR count). The summed E-state index contributed by atoms with van der Waals surface area (Å²) in [5, 5.41) is 15.7. The first kappa shape index (κ1) is 13.8. The number of carbonyl (C=O) groups is 1. The number of nitrogens with two attached hydrogens (primary N) is 1. The molecule has 0 bridgehead atoms. The van der Waals surface area contributed by atoms with Gasteiger partial charge in [0, 0.05) is 12.0 Å². The number of rotatable bonds is 3. The topological polar surface area (TPSA) is 101 Å². The van der Waals surface area contributed by atoms with Crippen molar-refractivity contribution in [2.75, 3.05) is 0 Å². The third-order valence-corrected chi connectivity index (χ3v) is 4.51. The highest BCUT2D eigenvalue weighted by atomic mass is 32.1. The Bertz CT molecular complexity index is 512. The average molecular weight is 282 g/mol. The van der Waals surface area contributed by atoms with Crippen molar-refractivity contribution in [1.29, 1.82) is 0 Å². The maximum atomic E-state index is 12.2. The molecular weight excluding hydrogens is 264 g/mol. The van der Waals surface area contributed by atoms with E-state index in [0.29, 0.717) is 4.88 Å². The summed E-state index contributed by atoms with van der Waals surface area (Å²) in [5.41, 5.74) is 6.40. The molecule has 1 amide bonds. The molecule has 1 heterocycles. The lowest BCUT2D eigenvalue weighted by Gasteiger charge is -2.19. The lowest BCUT2D eigenvalue weighted by Crippen LogP contribution is -2.42. The molecule has 104 valence electrons. The van der Waals surface area contributed by atoms with Crippen molar-refractivity contribution in [3.63, 3.8) is 0 Å². The Hall–Kier alpha value is -1.63. The molecule has 0 spiro atoms. The molecule has 7 heteroatoms. The molecule has 1 aromatic rings. The predicted octanol–water partition coefficient (Wildman–Crippen LogP) is 1.40. The van der Waals surface area contributed by atoms with Crippen LogP contribution in [0.1, 0.15) is 39.6 Å². The van der Waals surface area contributed by atoms with Crippen molar-refractivity contribution in [3.05, 3.63) is 15.6 Å². The number of amides is 1. The number of aromatic nitrogens is 1. The molecule has 6 nitrogen and oxygen atoms in total. The zero-order chi connectivity index (χ0) is 14.0. The van der Waals surface area contributed by atoms with E-state index in [1.807, 2.05) is 13.8 Å². The third kappa shape index (κ3) is 2.86. The number of hydrogen-bond donors (Lipinski definition) is 3. The van der Waals surface area contributed by atoms with Crippen molar-refractivity contribution < 1.29 is 10.0 Å². The molecular formula is C12H18N4O2S. The van der Waals surface area contributed by atoms with Crippen LogP contribution in [0.25, 0.3) is 0 Å². The molecule has 19 heavy (non-hydrogen) atoms. The molecule has 0 aliphatic heterocycles. The second-order valence-corrected chi connectivity index (χ2v) is 5.99. The normalized spacial score (nSPS) is 23.6. The summed E-state index contributed by atoms with van der Waals surface area (Å²) in [6.45, 7) is 3.71. The highest BCUT2D eigenvalue weighted by Crippen LogP contribution is 2.27. The Labute approximate surface area is 115 Å². The lowest BCUT2D eigenvalue weighted by atomic mass is 10.0. The Morgan fingerprint density at radius 3 is 2.84 bits per heavy atom. The fourth-order valence-electron chi connectivity index (χ4n) is 2.54. The summed E-state index contributed by atoms with van der Waals surface area (Å²) in [4.78, 5) is 17.1. The van der Waals surface area contributed by atoms with E-state index in [1.54, 1.807) is 0 Å². The molecule has 1 saturated carbocycles. The minimum atomic E-state index is -0.120. The number of carbonyl (C=O) groups excluding carboxylic acids is 1. The van der Waals surface area contributed by atoms with Gasteiger partial charge in [-0.1, -0.05) is 11.6 Å². The summed E-state index contributed by atoms with van der Waals surface area (Å²) in [6, 6.07) is -0.0646. The molecule has 1 aliphatic rings. The van der Waals surface area contributed by atoms with E-state index >= 15 is 0 Å². The quantitative estimate of drug-likeness (QED) is 0.337. The van der Waals surface area contributed by atoms with Gasteiger partial charge in [-0.05, 0) is 26.7 Å². The van der Waals surface area contributed by atoms with Gasteiger partial charge in [0.1, 0.15) is 10.7 Å². The molecule has 2 unspecified atom stereocenters. The van der Waals surface area contributed by atoms with Crippen molar-refractivity contribution in [1.82, 2.24) is 10.3 Å². The molecule has 4 N–H and O–H groups in total. The van der Waals surface area contributed by atoms with Crippen LogP contribution < -0.4 is 11.1 Å². The monoisotopic (exact) mass is 282 g/mol. The number of nitrogens with zero attached hydrogens (tertiary/aromatic N) is 2. The SMILES string of the molecule is Cc1nc(C)c(C(=O)NC2CCCC2C(N)=NO)s1. The lowest BCUT2D eigenvalue weighted by molar-refractivity contribution is 0.0936. The van der Waals surface area contributed by atoms with Crippen molar-refractivity contribution in [3.8, 4) is 0 Å². The first-order valence-corrected chi connectivity index (χ1v) is 7.07. The minimum Gasteiger partial charge on any atom is -0.409 e. The number of thiazole rings is 1. The Morgan fingerprint density at radius 1 is 1.53 bits per heavy atom. The molecule has 0 saturated heterocycles. The summed E-state index contributed by atoms with van der Waals surface area (Å²) in [7, 11) is 0. The van der Waals surface area contributed by atoms with Crippen LogP contribution in [0.5, 0.6) is 0 Å². The second kappa shape index (κ2) is 5.56. The van der Waals surface area contributed by atoms with Gasteiger partial charge in [-0.2, -0.15) is 0 Å². The number of amidine groups is 1. The standard InChI is InChI=1S/C12H18N4O2S/c1-6-10(19-7(2)14-6)12(17)15-9-5-3-4-8(9)11(13)16-18/h8-9,18H,3-5H2,1-2H3,(H2,13,16)(H,15,17). The number of aryl methyl sites for hydroxylation is 2. The van der Waals surface area contributed by atoms with Gasteiger partial charge in [0.25, 0.3) is 5.91 Å². The van der Waals surface area contributed by atoms with Gasteiger partial charge >= 0.3 is 0 Å². The highest BCUT2D eigenvalue weighted by Gasteiger charge is 2.32. The van der Waals surface area contributed by atoms with Crippen LogP contribution in [0.2, 0.25) is 0 Å². The average Bonchev–Trinajstić information content (AvgIpc) is 2.95. The van der Waals surface area contributed by atoms with Gasteiger partial charge in [0.15, 0.2) is 0 Å². The van der Waals surface area contributed by atoms with E-state index in [-0.39, 0.29) is 23.7 Å². The first-order chi connectivity index (χ1) is 9.02. The van der Waals surface area contributed by atoms with Crippen LogP contribution in [0, 0.1) is 19.8 Å². The molecule has 0 aromatic carbocycles. The van der Waals surface area contributed by atoms with Gasteiger partial charge in [0.05, 0.1) is 10.7 Å². The number of oxime groups is 1. The largest absolute Gasteiger partial charge is 0.409 e. The molecule has 2 atom stereocenters. The smallest absolute Gasteiger partial charge is 0.263 e. The minimum absolute atomic E-state index is 0.0646. The van der Waals surface area contributed by atoms with Gasteiger partial charge in [0.2, 0.25) is 0 Å². The molecule has 0 radical (unpaired) electrons. The number of nitrogens with one attached hydrogen (secondary N) is 1. The van der Waals surface area contributed by atoms with Gasteiger partial charge in [-0.15, -0.1) is 11.3 Å². The molecule has 1 aliphatic carbocycles. The van der Waals surface area contributed by atoms with Gasteiger partial charge in [-0.25, -0.2) is 4.98 Å². The van der Waals surface area contributed by atoms with Gasteiger partial charge < -0.3 is 16.3 Å². The summed E-state index contributed by atoms with van der Waals surface area (Å²) in [6.07, 6.45) is 2.65. The number of hydrogen-bond acceptors (Lipinski definition) is 5. The summed E-state index contributed by atoms with van der Waals surface area (Å²) < 4.78 is 0. The summed E-state index contributed by atoms with van der Waals surface area (Å²) in [5.74, 6) is -0.00554. The predicted molar refractivity (Wildman–Crippen MR) is 73.6 cm³/mol. The maximum Gasteiger partial charge on any atom is 0.263 e. The van der Waals surface area contributed by atoms with Crippen molar-refractivity contribution in [2.45, 2.75) is 39.2 Å². The fraction of sp³-hybridized carbons (Fsp3) is 0.583. The van der Waals surface area contributed by atoms with Gasteiger partial charge in [-0.3, -0.25) is 4.79 Å². The van der Waals surface area contributed by atoms with Crippen molar-refractivity contribution in [2.24, 2.45) is 16.8 Å². The van der Waals surface area contributed by atoms with Crippen LogP contribution in [-0.2, 0) is 0 Å². The van der Waals surface area contributed by atoms with E-state index in [1.165, 1.54) is 11.3 Å². The second-order valence-electron chi connectivity index (χ2n) is 4.79. The fourth-order valence-corrected chi connectivity index (χ4v) is 3.36. The zero-order valence-corrected chi connectivity index (χ0v) is 11.8.